The Morgan fingerprint density at radius 1 is 1.43 bits per heavy atom. The van der Waals surface area contributed by atoms with Gasteiger partial charge in [0, 0.05) is 19.4 Å². The molecule has 0 spiro atoms. The topological polar surface area (TPSA) is 80.2 Å². The third-order valence-corrected chi connectivity index (χ3v) is 4.13. The number of aliphatic hydroxyl groups excluding tert-OH is 1. The maximum atomic E-state index is 10.5. The van der Waals surface area contributed by atoms with E-state index < -0.39 is 6.10 Å². The summed E-state index contributed by atoms with van der Waals surface area (Å²) in [4.78, 5) is 10.8. The molecule has 7 heteroatoms. The number of hydrogen-bond acceptors (Lipinski definition) is 6. The van der Waals surface area contributed by atoms with Crippen LogP contribution in [0.5, 0.6) is 0 Å². The molecule has 0 bridgehead atoms. The van der Waals surface area contributed by atoms with Crippen LogP contribution in [0.2, 0.25) is 0 Å². The van der Waals surface area contributed by atoms with Crippen molar-refractivity contribution in [2.75, 3.05) is 13.1 Å². The molecule has 3 rings (SSSR count). The minimum Gasteiger partial charge on any atom is -0.385 e. The van der Waals surface area contributed by atoms with Crippen molar-refractivity contribution in [2.45, 2.75) is 32.4 Å². The summed E-state index contributed by atoms with van der Waals surface area (Å²) in [5, 5.41) is 14.3. The Bertz CT molecular complexity index is 586. The van der Waals surface area contributed by atoms with Crippen molar-refractivity contribution < 1.29 is 9.63 Å². The summed E-state index contributed by atoms with van der Waals surface area (Å²) in [5.41, 5.74) is 0. The molecular formula is C14H21N5O2. The number of imidazole rings is 1. The Labute approximate surface area is 123 Å². The second-order valence-corrected chi connectivity index (χ2v) is 5.69. The molecule has 0 radical (unpaired) electrons. The number of piperidine rings is 1. The lowest BCUT2D eigenvalue weighted by molar-refractivity contribution is 0.0466. The highest BCUT2D eigenvalue weighted by atomic mass is 16.5. The number of likely N-dealkylation sites (tertiary alicyclic amines) is 1. The van der Waals surface area contributed by atoms with Crippen LogP contribution in [0.3, 0.4) is 0 Å². The van der Waals surface area contributed by atoms with Gasteiger partial charge < -0.3 is 14.2 Å². The Balaban J connectivity index is 1.54. The van der Waals surface area contributed by atoms with E-state index in [1.807, 2.05) is 24.7 Å². The van der Waals surface area contributed by atoms with Crippen LogP contribution in [0, 0.1) is 12.8 Å². The molecule has 2 aromatic rings. The summed E-state index contributed by atoms with van der Waals surface area (Å²) in [6.07, 6.45) is 5.00. The van der Waals surface area contributed by atoms with Crippen LogP contribution in [0.25, 0.3) is 0 Å². The molecule has 3 heterocycles. The van der Waals surface area contributed by atoms with Gasteiger partial charge in [0.05, 0.1) is 6.54 Å². The van der Waals surface area contributed by atoms with E-state index in [0.717, 1.165) is 31.8 Å². The van der Waals surface area contributed by atoms with Gasteiger partial charge in [-0.15, -0.1) is 0 Å². The molecular weight excluding hydrogens is 270 g/mol. The standard InChI is InChI=1S/C14H21N5O2/c1-10-16-12(21-17-10)9-19-6-3-11(4-7-19)13(20)14-15-5-8-18(14)2/h5,8,11,13,20H,3-4,6-7,9H2,1-2H3. The molecule has 1 aliphatic heterocycles. The number of aliphatic hydroxyl groups is 1. The van der Waals surface area contributed by atoms with Crippen molar-refractivity contribution in [1.82, 2.24) is 24.6 Å². The predicted molar refractivity (Wildman–Crippen MR) is 75.2 cm³/mol. The zero-order chi connectivity index (χ0) is 14.8. The lowest BCUT2D eigenvalue weighted by atomic mass is 9.91. The number of hydrogen-bond donors (Lipinski definition) is 1. The van der Waals surface area contributed by atoms with E-state index in [9.17, 15) is 5.11 Å². The van der Waals surface area contributed by atoms with E-state index >= 15 is 0 Å². The molecule has 114 valence electrons. The monoisotopic (exact) mass is 291 g/mol. The molecule has 0 amide bonds. The minimum atomic E-state index is -0.488. The molecule has 1 fully saturated rings. The maximum absolute atomic E-state index is 10.5. The average Bonchev–Trinajstić information content (AvgIpc) is 3.08. The minimum absolute atomic E-state index is 0.256. The molecule has 2 aromatic heterocycles. The molecule has 0 aromatic carbocycles. The summed E-state index contributed by atoms with van der Waals surface area (Å²) >= 11 is 0. The second kappa shape index (κ2) is 5.95. The quantitative estimate of drug-likeness (QED) is 0.907. The maximum Gasteiger partial charge on any atom is 0.240 e. The summed E-state index contributed by atoms with van der Waals surface area (Å²) < 4.78 is 7.04. The van der Waals surface area contributed by atoms with Crippen LogP contribution in [0.4, 0.5) is 0 Å². The molecule has 1 saturated heterocycles. The van der Waals surface area contributed by atoms with E-state index in [1.54, 1.807) is 6.20 Å². The van der Waals surface area contributed by atoms with Crippen LogP contribution in [-0.2, 0) is 13.6 Å². The summed E-state index contributed by atoms with van der Waals surface area (Å²) in [5.74, 6) is 2.34. The van der Waals surface area contributed by atoms with Gasteiger partial charge in [-0.05, 0) is 38.8 Å². The van der Waals surface area contributed by atoms with Crippen LogP contribution in [0.15, 0.2) is 16.9 Å². The normalized spacial score (nSPS) is 19.0. The van der Waals surface area contributed by atoms with Gasteiger partial charge in [0.1, 0.15) is 11.9 Å². The van der Waals surface area contributed by atoms with Gasteiger partial charge in [0.25, 0.3) is 0 Å². The third kappa shape index (κ3) is 3.14. The Kier molecular flexibility index (Phi) is 4.03. The molecule has 1 unspecified atom stereocenters. The molecule has 7 nitrogen and oxygen atoms in total. The Hall–Kier alpha value is -1.73. The molecule has 0 aliphatic carbocycles. The Morgan fingerprint density at radius 3 is 2.76 bits per heavy atom. The van der Waals surface area contributed by atoms with Crippen LogP contribution >= 0.6 is 0 Å². The lowest BCUT2D eigenvalue weighted by Gasteiger charge is -2.33. The van der Waals surface area contributed by atoms with Crippen molar-refractivity contribution in [3.05, 3.63) is 29.9 Å². The second-order valence-electron chi connectivity index (χ2n) is 5.69. The lowest BCUT2D eigenvalue weighted by Crippen LogP contribution is -2.35. The number of rotatable bonds is 4. The smallest absolute Gasteiger partial charge is 0.240 e. The van der Waals surface area contributed by atoms with Crippen LogP contribution in [-0.4, -0.2) is 42.8 Å². The van der Waals surface area contributed by atoms with Gasteiger partial charge in [-0.25, -0.2) is 4.98 Å². The van der Waals surface area contributed by atoms with Crippen molar-refractivity contribution in [1.29, 1.82) is 0 Å². The van der Waals surface area contributed by atoms with Crippen molar-refractivity contribution in [2.24, 2.45) is 13.0 Å². The highest BCUT2D eigenvalue weighted by Crippen LogP contribution is 2.30. The molecule has 21 heavy (non-hydrogen) atoms. The van der Waals surface area contributed by atoms with Crippen molar-refractivity contribution in [3.8, 4) is 0 Å². The van der Waals surface area contributed by atoms with Gasteiger partial charge in [-0.1, -0.05) is 5.16 Å². The summed E-state index contributed by atoms with van der Waals surface area (Å²) in [6.45, 7) is 4.36. The largest absolute Gasteiger partial charge is 0.385 e. The zero-order valence-corrected chi connectivity index (χ0v) is 12.4. The van der Waals surface area contributed by atoms with Crippen LogP contribution < -0.4 is 0 Å². The SMILES string of the molecule is Cc1noc(CN2CCC(C(O)c3nccn3C)CC2)n1. The van der Waals surface area contributed by atoms with Crippen LogP contribution in [0.1, 0.15) is 36.5 Å². The van der Waals surface area contributed by atoms with Crippen molar-refractivity contribution >= 4 is 0 Å². The third-order valence-electron chi connectivity index (χ3n) is 4.13. The van der Waals surface area contributed by atoms with Gasteiger partial charge in [-0.3, -0.25) is 4.90 Å². The fourth-order valence-corrected chi connectivity index (χ4v) is 2.90. The van der Waals surface area contributed by atoms with Gasteiger partial charge in [0.2, 0.25) is 5.89 Å². The first-order valence-corrected chi connectivity index (χ1v) is 7.30. The highest BCUT2D eigenvalue weighted by Gasteiger charge is 2.28. The summed E-state index contributed by atoms with van der Waals surface area (Å²) in [7, 11) is 1.92. The molecule has 1 atom stereocenters. The zero-order valence-electron chi connectivity index (χ0n) is 12.4. The van der Waals surface area contributed by atoms with E-state index in [4.69, 9.17) is 4.52 Å². The predicted octanol–water partition coefficient (Wildman–Crippen LogP) is 1.06. The van der Waals surface area contributed by atoms with Gasteiger partial charge in [0.15, 0.2) is 5.82 Å². The first-order valence-electron chi connectivity index (χ1n) is 7.30. The first kappa shape index (κ1) is 14.2. The number of aryl methyl sites for hydroxylation is 2. The van der Waals surface area contributed by atoms with Gasteiger partial charge in [-0.2, -0.15) is 4.98 Å². The summed E-state index contributed by atoms with van der Waals surface area (Å²) in [6, 6.07) is 0. The van der Waals surface area contributed by atoms with E-state index in [0.29, 0.717) is 18.3 Å². The van der Waals surface area contributed by atoms with E-state index in [1.165, 1.54) is 0 Å². The first-order chi connectivity index (χ1) is 10.1. The molecule has 0 saturated carbocycles. The highest BCUT2D eigenvalue weighted by molar-refractivity contribution is 4.98. The fraction of sp³-hybridized carbons (Fsp3) is 0.643. The molecule has 1 aliphatic rings. The number of aromatic nitrogens is 4. The van der Waals surface area contributed by atoms with E-state index in [-0.39, 0.29) is 5.92 Å². The number of nitrogens with zero attached hydrogens (tertiary/aromatic N) is 5. The fourth-order valence-electron chi connectivity index (χ4n) is 2.90. The molecule has 1 N–H and O–H groups in total. The van der Waals surface area contributed by atoms with Gasteiger partial charge >= 0.3 is 0 Å². The van der Waals surface area contributed by atoms with E-state index in [2.05, 4.69) is 20.0 Å². The Morgan fingerprint density at radius 2 is 2.19 bits per heavy atom. The average molecular weight is 291 g/mol. The van der Waals surface area contributed by atoms with Crippen molar-refractivity contribution in [3.63, 3.8) is 0 Å².